The number of aromatic nitrogens is 2. The molecule has 0 amide bonds. The summed E-state index contributed by atoms with van der Waals surface area (Å²) in [5, 5.41) is 0.790. The molecule has 0 radical (unpaired) electrons. The van der Waals surface area contributed by atoms with Crippen molar-refractivity contribution in [2.45, 2.75) is 0 Å². The predicted octanol–water partition coefficient (Wildman–Crippen LogP) is 2.80. The second kappa shape index (κ2) is 6.07. The van der Waals surface area contributed by atoms with E-state index in [2.05, 4.69) is 41.8 Å². The molecule has 1 saturated heterocycles. The van der Waals surface area contributed by atoms with Gasteiger partial charge in [0.1, 0.15) is 5.82 Å². The molecule has 1 aliphatic heterocycles. The van der Waals surface area contributed by atoms with E-state index in [0.717, 1.165) is 47.2 Å². The van der Waals surface area contributed by atoms with Crippen LogP contribution < -0.4 is 15.5 Å². The summed E-state index contributed by atoms with van der Waals surface area (Å²) in [6.07, 6.45) is 1.69. The van der Waals surface area contributed by atoms with E-state index < -0.39 is 0 Å². The lowest BCUT2D eigenvalue weighted by Gasteiger charge is -2.37. The van der Waals surface area contributed by atoms with E-state index in [1.807, 2.05) is 18.2 Å². The molecule has 0 saturated carbocycles. The maximum atomic E-state index is 6.26. The van der Waals surface area contributed by atoms with Crippen LogP contribution in [0, 0.1) is 0 Å². The first kappa shape index (κ1) is 14.4. The summed E-state index contributed by atoms with van der Waals surface area (Å²) >= 11 is 9.74. The number of hydrogen-bond donors (Lipinski definition) is 1. The first-order chi connectivity index (χ1) is 10.1. The Labute approximate surface area is 136 Å². The van der Waals surface area contributed by atoms with Crippen molar-refractivity contribution < 1.29 is 0 Å². The first-order valence-corrected chi connectivity index (χ1v) is 7.84. The quantitative estimate of drug-likeness (QED) is 0.883. The van der Waals surface area contributed by atoms with Gasteiger partial charge in [0.05, 0.1) is 15.2 Å². The van der Waals surface area contributed by atoms with Crippen LogP contribution in [0.3, 0.4) is 0 Å². The Morgan fingerprint density at radius 3 is 2.48 bits per heavy atom. The highest BCUT2D eigenvalue weighted by Gasteiger charge is 2.21. The highest BCUT2D eigenvalue weighted by Crippen LogP contribution is 2.29. The molecular weight excluding hydrogens is 354 g/mol. The second-order valence-corrected chi connectivity index (χ2v) is 6.09. The third-order valence-corrected chi connectivity index (χ3v) is 4.40. The molecule has 1 aromatic heterocycles. The van der Waals surface area contributed by atoms with Crippen LogP contribution in [0.1, 0.15) is 0 Å². The van der Waals surface area contributed by atoms with E-state index >= 15 is 0 Å². The standard InChI is InChI=1S/C14H15BrClN5/c15-10-9-18-14(17)19-13(10)21-7-5-20(6-8-21)12-4-2-1-3-11(12)16/h1-4,9H,5-8H2,(H2,17,18,19). The van der Waals surface area contributed by atoms with E-state index in [1.54, 1.807) is 6.20 Å². The molecule has 0 spiro atoms. The van der Waals surface area contributed by atoms with Gasteiger partial charge in [-0.25, -0.2) is 4.98 Å². The molecule has 1 aromatic carbocycles. The fourth-order valence-electron chi connectivity index (χ4n) is 2.46. The van der Waals surface area contributed by atoms with E-state index in [4.69, 9.17) is 17.3 Å². The summed E-state index contributed by atoms with van der Waals surface area (Å²) in [4.78, 5) is 12.8. The fourth-order valence-corrected chi connectivity index (χ4v) is 3.16. The molecule has 2 heterocycles. The van der Waals surface area contributed by atoms with Crippen molar-refractivity contribution in [2.24, 2.45) is 0 Å². The van der Waals surface area contributed by atoms with Gasteiger partial charge in [0.15, 0.2) is 0 Å². The summed E-state index contributed by atoms with van der Waals surface area (Å²) in [5.74, 6) is 1.14. The van der Waals surface area contributed by atoms with E-state index in [-0.39, 0.29) is 0 Å². The van der Waals surface area contributed by atoms with Crippen molar-refractivity contribution in [3.8, 4) is 0 Å². The monoisotopic (exact) mass is 367 g/mol. The Hall–Kier alpha value is -1.53. The Kier molecular flexibility index (Phi) is 4.17. The molecule has 5 nitrogen and oxygen atoms in total. The van der Waals surface area contributed by atoms with Crippen LogP contribution in [0.15, 0.2) is 34.9 Å². The van der Waals surface area contributed by atoms with E-state index in [1.165, 1.54) is 0 Å². The molecule has 110 valence electrons. The summed E-state index contributed by atoms with van der Waals surface area (Å²) < 4.78 is 0.864. The van der Waals surface area contributed by atoms with Crippen molar-refractivity contribution in [1.82, 2.24) is 9.97 Å². The van der Waals surface area contributed by atoms with Crippen molar-refractivity contribution in [3.05, 3.63) is 40.0 Å². The van der Waals surface area contributed by atoms with Crippen molar-refractivity contribution >= 4 is 45.0 Å². The normalized spacial score (nSPS) is 15.3. The van der Waals surface area contributed by atoms with E-state index in [9.17, 15) is 0 Å². The maximum absolute atomic E-state index is 6.26. The summed E-state index contributed by atoms with van der Waals surface area (Å²) in [7, 11) is 0. The Balaban J connectivity index is 1.73. The van der Waals surface area contributed by atoms with Gasteiger partial charge in [-0.15, -0.1) is 0 Å². The molecule has 3 rings (SSSR count). The van der Waals surface area contributed by atoms with Gasteiger partial charge >= 0.3 is 0 Å². The molecular formula is C14H15BrClN5. The molecule has 7 heteroatoms. The lowest BCUT2D eigenvalue weighted by molar-refractivity contribution is 0.646. The molecule has 2 N–H and O–H groups in total. The van der Waals surface area contributed by atoms with Gasteiger partial charge in [-0.2, -0.15) is 4.98 Å². The van der Waals surface area contributed by atoms with Gasteiger partial charge in [-0.1, -0.05) is 23.7 Å². The van der Waals surface area contributed by atoms with Crippen LogP contribution in [0.2, 0.25) is 5.02 Å². The molecule has 0 unspecified atom stereocenters. The molecule has 0 aliphatic carbocycles. The first-order valence-electron chi connectivity index (χ1n) is 6.67. The minimum Gasteiger partial charge on any atom is -0.368 e. The Bertz CT molecular complexity index is 643. The van der Waals surface area contributed by atoms with Crippen LogP contribution in [-0.2, 0) is 0 Å². The molecule has 0 bridgehead atoms. The SMILES string of the molecule is Nc1ncc(Br)c(N2CCN(c3ccccc3Cl)CC2)n1. The number of rotatable bonds is 2. The van der Waals surface area contributed by atoms with Gasteiger partial charge < -0.3 is 15.5 Å². The van der Waals surface area contributed by atoms with Crippen LogP contribution in [0.25, 0.3) is 0 Å². The Morgan fingerprint density at radius 2 is 1.76 bits per heavy atom. The third-order valence-electron chi connectivity index (χ3n) is 3.52. The minimum absolute atomic E-state index is 0.293. The molecule has 0 atom stereocenters. The molecule has 1 aliphatic rings. The average Bonchev–Trinajstić information content (AvgIpc) is 2.50. The van der Waals surface area contributed by atoms with Crippen LogP contribution in [0.5, 0.6) is 0 Å². The number of halogens is 2. The zero-order chi connectivity index (χ0) is 14.8. The summed E-state index contributed by atoms with van der Waals surface area (Å²) in [6, 6.07) is 7.93. The van der Waals surface area contributed by atoms with E-state index in [0.29, 0.717) is 5.95 Å². The van der Waals surface area contributed by atoms with Gasteiger partial charge in [0, 0.05) is 32.4 Å². The highest BCUT2D eigenvalue weighted by atomic mass is 79.9. The number of nitrogen functional groups attached to an aromatic ring is 1. The maximum Gasteiger partial charge on any atom is 0.222 e. The fraction of sp³-hybridized carbons (Fsp3) is 0.286. The number of para-hydroxylation sites is 1. The van der Waals surface area contributed by atoms with Gasteiger partial charge in [0.2, 0.25) is 5.95 Å². The smallest absolute Gasteiger partial charge is 0.222 e. The van der Waals surface area contributed by atoms with Crippen LogP contribution in [0.4, 0.5) is 17.5 Å². The van der Waals surface area contributed by atoms with Gasteiger partial charge in [-0.05, 0) is 28.1 Å². The topological polar surface area (TPSA) is 58.3 Å². The molecule has 1 fully saturated rings. The number of hydrogen-bond acceptors (Lipinski definition) is 5. The number of piperazine rings is 1. The van der Waals surface area contributed by atoms with Gasteiger partial charge in [-0.3, -0.25) is 0 Å². The Morgan fingerprint density at radius 1 is 1.10 bits per heavy atom. The van der Waals surface area contributed by atoms with Crippen LogP contribution in [-0.4, -0.2) is 36.1 Å². The third kappa shape index (κ3) is 3.06. The van der Waals surface area contributed by atoms with Crippen molar-refractivity contribution in [3.63, 3.8) is 0 Å². The lowest BCUT2D eigenvalue weighted by atomic mass is 10.2. The summed E-state index contributed by atoms with van der Waals surface area (Å²) in [5.41, 5.74) is 6.76. The number of anilines is 3. The highest BCUT2D eigenvalue weighted by molar-refractivity contribution is 9.10. The largest absolute Gasteiger partial charge is 0.368 e. The zero-order valence-corrected chi connectivity index (χ0v) is 13.7. The number of nitrogens with two attached hydrogens (primary N) is 1. The number of benzene rings is 1. The van der Waals surface area contributed by atoms with Gasteiger partial charge in [0.25, 0.3) is 0 Å². The minimum atomic E-state index is 0.293. The average molecular weight is 369 g/mol. The molecule has 2 aromatic rings. The second-order valence-electron chi connectivity index (χ2n) is 4.83. The number of nitrogens with zero attached hydrogens (tertiary/aromatic N) is 4. The van der Waals surface area contributed by atoms with Crippen LogP contribution >= 0.6 is 27.5 Å². The predicted molar refractivity (Wildman–Crippen MR) is 90.0 cm³/mol. The van der Waals surface area contributed by atoms with Crippen molar-refractivity contribution in [2.75, 3.05) is 41.7 Å². The molecule has 21 heavy (non-hydrogen) atoms. The summed E-state index contributed by atoms with van der Waals surface area (Å²) in [6.45, 7) is 3.50. The lowest BCUT2D eigenvalue weighted by Crippen LogP contribution is -2.47. The van der Waals surface area contributed by atoms with Crippen molar-refractivity contribution in [1.29, 1.82) is 0 Å². The zero-order valence-electron chi connectivity index (χ0n) is 11.3.